The molecule has 2 nitrogen and oxygen atoms in total. The standard InChI is InChI=1S/C9H18O2/c1-3-8-7-9(8,10)5-4-6-11-2/h8,10H,3-7H2,1-2H3. The minimum absolute atomic E-state index is 0.312. The minimum atomic E-state index is -0.312. The molecule has 0 aromatic carbocycles. The van der Waals surface area contributed by atoms with E-state index in [-0.39, 0.29) is 5.60 Å². The lowest BCUT2D eigenvalue weighted by Gasteiger charge is -2.08. The van der Waals surface area contributed by atoms with Crippen LogP contribution in [0, 0.1) is 5.92 Å². The summed E-state index contributed by atoms with van der Waals surface area (Å²) >= 11 is 0. The fraction of sp³-hybridized carbons (Fsp3) is 1.00. The fourth-order valence-corrected chi connectivity index (χ4v) is 1.72. The van der Waals surface area contributed by atoms with Gasteiger partial charge in [-0.1, -0.05) is 13.3 Å². The lowest BCUT2D eigenvalue weighted by molar-refractivity contribution is 0.101. The van der Waals surface area contributed by atoms with Crippen molar-refractivity contribution in [2.75, 3.05) is 13.7 Å². The Morgan fingerprint density at radius 2 is 2.36 bits per heavy atom. The first kappa shape index (κ1) is 9.01. The van der Waals surface area contributed by atoms with Crippen molar-refractivity contribution in [2.24, 2.45) is 5.92 Å². The highest BCUT2D eigenvalue weighted by Crippen LogP contribution is 2.48. The van der Waals surface area contributed by atoms with Crippen LogP contribution in [-0.2, 0) is 4.74 Å². The van der Waals surface area contributed by atoms with E-state index in [0.717, 1.165) is 32.3 Å². The molecular formula is C9H18O2. The van der Waals surface area contributed by atoms with Gasteiger partial charge < -0.3 is 9.84 Å². The number of hydrogen-bond donors (Lipinski definition) is 1. The monoisotopic (exact) mass is 158 g/mol. The molecule has 0 saturated heterocycles. The number of hydrogen-bond acceptors (Lipinski definition) is 2. The second-order valence-electron chi connectivity index (χ2n) is 3.51. The van der Waals surface area contributed by atoms with E-state index in [2.05, 4.69) is 6.92 Å². The smallest absolute Gasteiger partial charge is 0.0681 e. The molecule has 66 valence electrons. The number of methoxy groups -OCH3 is 1. The Labute approximate surface area is 68.6 Å². The van der Waals surface area contributed by atoms with Gasteiger partial charge in [0.15, 0.2) is 0 Å². The molecule has 1 rings (SSSR count). The van der Waals surface area contributed by atoms with Crippen molar-refractivity contribution in [3.63, 3.8) is 0 Å². The van der Waals surface area contributed by atoms with Crippen LogP contribution in [0.15, 0.2) is 0 Å². The van der Waals surface area contributed by atoms with Gasteiger partial charge in [0.2, 0.25) is 0 Å². The van der Waals surface area contributed by atoms with Gasteiger partial charge in [-0.15, -0.1) is 0 Å². The molecule has 0 bridgehead atoms. The number of ether oxygens (including phenoxy) is 1. The van der Waals surface area contributed by atoms with Crippen molar-refractivity contribution in [1.29, 1.82) is 0 Å². The topological polar surface area (TPSA) is 29.5 Å². The van der Waals surface area contributed by atoms with E-state index in [4.69, 9.17) is 4.74 Å². The first-order valence-electron chi connectivity index (χ1n) is 4.44. The first-order chi connectivity index (χ1) is 5.23. The zero-order valence-electron chi connectivity index (χ0n) is 7.47. The largest absolute Gasteiger partial charge is 0.390 e. The summed E-state index contributed by atoms with van der Waals surface area (Å²) in [4.78, 5) is 0. The van der Waals surface area contributed by atoms with Crippen LogP contribution in [0.5, 0.6) is 0 Å². The molecule has 0 spiro atoms. The molecule has 2 heteroatoms. The van der Waals surface area contributed by atoms with Crippen LogP contribution < -0.4 is 0 Å². The molecule has 11 heavy (non-hydrogen) atoms. The molecule has 0 radical (unpaired) electrons. The molecular weight excluding hydrogens is 140 g/mol. The maximum absolute atomic E-state index is 9.76. The van der Waals surface area contributed by atoms with E-state index in [1.807, 2.05) is 0 Å². The maximum atomic E-state index is 9.76. The summed E-state index contributed by atoms with van der Waals surface area (Å²) in [6.07, 6.45) is 4.03. The second kappa shape index (κ2) is 3.55. The van der Waals surface area contributed by atoms with Crippen molar-refractivity contribution in [2.45, 2.75) is 38.2 Å². The summed E-state index contributed by atoms with van der Waals surface area (Å²) in [6.45, 7) is 2.91. The molecule has 0 heterocycles. The number of rotatable bonds is 5. The number of aliphatic hydroxyl groups is 1. The third kappa shape index (κ3) is 2.17. The molecule has 1 N–H and O–H groups in total. The average molecular weight is 158 g/mol. The molecule has 0 aliphatic heterocycles. The van der Waals surface area contributed by atoms with Crippen LogP contribution in [0.2, 0.25) is 0 Å². The SMILES string of the molecule is CCC1CC1(O)CCCOC. The van der Waals surface area contributed by atoms with E-state index in [0.29, 0.717) is 5.92 Å². The molecule has 0 amide bonds. The summed E-state index contributed by atoms with van der Waals surface area (Å²) in [6, 6.07) is 0. The molecule has 1 fully saturated rings. The van der Waals surface area contributed by atoms with Crippen LogP contribution in [-0.4, -0.2) is 24.4 Å². The zero-order valence-corrected chi connectivity index (χ0v) is 7.47. The van der Waals surface area contributed by atoms with Gasteiger partial charge in [-0.25, -0.2) is 0 Å². The Morgan fingerprint density at radius 3 is 2.82 bits per heavy atom. The Kier molecular flexibility index (Phi) is 2.90. The van der Waals surface area contributed by atoms with E-state index < -0.39 is 0 Å². The van der Waals surface area contributed by atoms with Gasteiger partial charge in [0.05, 0.1) is 5.60 Å². The molecule has 0 aromatic heterocycles. The highest BCUT2D eigenvalue weighted by Gasteiger charge is 2.50. The first-order valence-corrected chi connectivity index (χ1v) is 4.44. The summed E-state index contributed by atoms with van der Waals surface area (Å²) in [5, 5.41) is 9.76. The third-order valence-corrected chi connectivity index (χ3v) is 2.65. The van der Waals surface area contributed by atoms with Crippen LogP contribution >= 0.6 is 0 Å². The molecule has 0 aromatic rings. The summed E-state index contributed by atoms with van der Waals surface area (Å²) in [5.41, 5.74) is -0.312. The van der Waals surface area contributed by atoms with Crippen molar-refractivity contribution < 1.29 is 9.84 Å². The van der Waals surface area contributed by atoms with E-state index in [9.17, 15) is 5.11 Å². The summed E-state index contributed by atoms with van der Waals surface area (Å²) < 4.78 is 4.92. The van der Waals surface area contributed by atoms with Gasteiger partial charge in [-0.3, -0.25) is 0 Å². The van der Waals surface area contributed by atoms with E-state index in [1.54, 1.807) is 7.11 Å². The second-order valence-corrected chi connectivity index (χ2v) is 3.51. The lowest BCUT2D eigenvalue weighted by Crippen LogP contribution is -2.11. The van der Waals surface area contributed by atoms with Gasteiger partial charge in [-0.2, -0.15) is 0 Å². The van der Waals surface area contributed by atoms with Gasteiger partial charge in [0.25, 0.3) is 0 Å². The predicted octanol–water partition coefficient (Wildman–Crippen LogP) is 1.57. The van der Waals surface area contributed by atoms with Crippen molar-refractivity contribution in [3.8, 4) is 0 Å². The molecule has 1 aliphatic rings. The molecule has 2 atom stereocenters. The zero-order chi connectivity index (χ0) is 8.32. The predicted molar refractivity (Wildman–Crippen MR) is 44.5 cm³/mol. The molecule has 1 aliphatic carbocycles. The molecule has 2 unspecified atom stereocenters. The van der Waals surface area contributed by atoms with Gasteiger partial charge >= 0.3 is 0 Å². The summed E-state index contributed by atoms with van der Waals surface area (Å²) in [5.74, 6) is 0.569. The molecule has 1 saturated carbocycles. The highest BCUT2D eigenvalue weighted by molar-refractivity contribution is 5.02. The Balaban J connectivity index is 2.08. The quantitative estimate of drug-likeness (QED) is 0.615. The Morgan fingerprint density at radius 1 is 1.64 bits per heavy atom. The lowest BCUT2D eigenvalue weighted by atomic mass is 10.1. The van der Waals surface area contributed by atoms with Gasteiger partial charge in [-0.05, 0) is 25.2 Å². The Hall–Kier alpha value is -0.0800. The van der Waals surface area contributed by atoms with E-state index >= 15 is 0 Å². The normalized spacial score (nSPS) is 35.7. The van der Waals surface area contributed by atoms with Gasteiger partial charge in [0, 0.05) is 13.7 Å². The maximum Gasteiger partial charge on any atom is 0.0681 e. The van der Waals surface area contributed by atoms with Crippen molar-refractivity contribution in [1.82, 2.24) is 0 Å². The van der Waals surface area contributed by atoms with Crippen molar-refractivity contribution in [3.05, 3.63) is 0 Å². The van der Waals surface area contributed by atoms with Crippen LogP contribution in [0.3, 0.4) is 0 Å². The average Bonchev–Trinajstić information content (AvgIpc) is 2.63. The Bertz CT molecular complexity index is 125. The third-order valence-electron chi connectivity index (χ3n) is 2.65. The van der Waals surface area contributed by atoms with Crippen LogP contribution in [0.1, 0.15) is 32.6 Å². The van der Waals surface area contributed by atoms with E-state index in [1.165, 1.54) is 0 Å². The highest BCUT2D eigenvalue weighted by atomic mass is 16.5. The fourth-order valence-electron chi connectivity index (χ4n) is 1.72. The minimum Gasteiger partial charge on any atom is -0.390 e. The summed E-state index contributed by atoms with van der Waals surface area (Å²) in [7, 11) is 1.70. The van der Waals surface area contributed by atoms with Crippen molar-refractivity contribution >= 4 is 0 Å². The van der Waals surface area contributed by atoms with Crippen LogP contribution in [0.4, 0.5) is 0 Å². The van der Waals surface area contributed by atoms with Crippen LogP contribution in [0.25, 0.3) is 0 Å². The van der Waals surface area contributed by atoms with Gasteiger partial charge in [0.1, 0.15) is 0 Å².